The van der Waals surface area contributed by atoms with E-state index in [1.165, 1.54) is 29.5 Å². The summed E-state index contributed by atoms with van der Waals surface area (Å²) in [7, 11) is 0. The Morgan fingerprint density at radius 2 is 1.89 bits per heavy atom. The zero-order valence-electron chi connectivity index (χ0n) is 15.6. The molecule has 1 unspecified atom stereocenters. The quantitative estimate of drug-likeness (QED) is 0.633. The molecule has 1 heterocycles. The number of amides is 1. The molecule has 1 N–H and O–H groups in total. The monoisotopic (exact) mass is 383 g/mol. The summed E-state index contributed by atoms with van der Waals surface area (Å²) in [4.78, 5) is 13.4. The zero-order chi connectivity index (χ0) is 19.4. The Kier molecular flexibility index (Phi) is 5.96. The molecule has 0 bridgehead atoms. The van der Waals surface area contributed by atoms with Crippen LogP contribution in [0.25, 0.3) is 5.69 Å². The number of carbonyl (C=O) groups excluding carboxylic acids is 1. The molecule has 2 aromatic carbocycles. The van der Waals surface area contributed by atoms with E-state index in [-0.39, 0.29) is 17.8 Å². The topological polar surface area (TPSA) is 46.9 Å². The normalized spacial score (nSPS) is 12.0. The van der Waals surface area contributed by atoms with Crippen LogP contribution in [-0.4, -0.2) is 21.4 Å². The molecule has 0 aliphatic rings. The number of aryl methyl sites for hydroxylation is 1. The summed E-state index contributed by atoms with van der Waals surface area (Å²) in [6.07, 6.45) is 1.75. The number of halogens is 1. The average Bonchev–Trinajstić information content (AvgIpc) is 3.03. The average molecular weight is 383 g/mol. The van der Waals surface area contributed by atoms with Crippen LogP contribution in [0, 0.1) is 19.7 Å². The fourth-order valence-corrected chi connectivity index (χ4v) is 3.75. The van der Waals surface area contributed by atoms with Crippen LogP contribution in [0.4, 0.5) is 4.39 Å². The van der Waals surface area contributed by atoms with Gasteiger partial charge in [-0.3, -0.25) is 4.79 Å². The smallest absolute Gasteiger partial charge is 0.230 e. The number of rotatable bonds is 6. The Morgan fingerprint density at radius 1 is 1.19 bits per heavy atom. The van der Waals surface area contributed by atoms with Crippen LogP contribution in [-0.2, 0) is 4.79 Å². The van der Waals surface area contributed by atoms with Crippen LogP contribution in [0.15, 0.2) is 59.6 Å². The highest BCUT2D eigenvalue weighted by Crippen LogP contribution is 2.23. The van der Waals surface area contributed by atoms with Gasteiger partial charge in [-0.1, -0.05) is 18.2 Å². The number of carbonyl (C=O) groups is 1. The largest absolute Gasteiger partial charge is 0.349 e. The fourth-order valence-electron chi connectivity index (χ4n) is 2.91. The van der Waals surface area contributed by atoms with Gasteiger partial charge in [0.1, 0.15) is 5.82 Å². The molecule has 1 amide bonds. The van der Waals surface area contributed by atoms with Gasteiger partial charge in [0.15, 0.2) is 0 Å². The van der Waals surface area contributed by atoms with E-state index in [0.717, 1.165) is 21.8 Å². The van der Waals surface area contributed by atoms with Crippen molar-refractivity contribution in [3.63, 3.8) is 0 Å². The molecule has 0 radical (unpaired) electrons. The highest BCUT2D eigenvalue weighted by Gasteiger charge is 2.16. The molecule has 1 atom stereocenters. The lowest BCUT2D eigenvalue weighted by Crippen LogP contribution is -2.28. The second kappa shape index (κ2) is 8.39. The van der Waals surface area contributed by atoms with Gasteiger partial charge in [-0.05, 0) is 56.7 Å². The summed E-state index contributed by atoms with van der Waals surface area (Å²) in [6.45, 7) is 5.92. The molecule has 0 aliphatic heterocycles. The predicted octanol–water partition coefficient (Wildman–Crippen LogP) is 4.60. The van der Waals surface area contributed by atoms with E-state index in [1.807, 2.05) is 45.0 Å². The van der Waals surface area contributed by atoms with Crippen LogP contribution in [0.3, 0.4) is 0 Å². The number of aromatic nitrogens is 2. The Morgan fingerprint density at radius 3 is 2.59 bits per heavy atom. The first-order valence-corrected chi connectivity index (χ1v) is 9.72. The maximum absolute atomic E-state index is 13.1. The van der Waals surface area contributed by atoms with Crippen molar-refractivity contribution in [1.82, 2.24) is 15.1 Å². The molecule has 140 valence electrons. The third-order valence-corrected chi connectivity index (χ3v) is 5.59. The summed E-state index contributed by atoms with van der Waals surface area (Å²) >= 11 is 1.53. The molecule has 27 heavy (non-hydrogen) atoms. The van der Waals surface area contributed by atoms with Gasteiger partial charge in [-0.15, -0.1) is 11.8 Å². The first-order valence-electron chi connectivity index (χ1n) is 8.74. The summed E-state index contributed by atoms with van der Waals surface area (Å²) in [5.74, 6) is 0.0561. The first-order chi connectivity index (χ1) is 13.0. The zero-order valence-corrected chi connectivity index (χ0v) is 16.4. The molecule has 6 heteroatoms. The molecule has 0 saturated carbocycles. The van der Waals surface area contributed by atoms with E-state index in [2.05, 4.69) is 10.4 Å². The van der Waals surface area contributed by atoms with E-state index >= 15 is 0 Å². The molecule has 0 aliphatic carbocycles. The van der Waals surface area contributed by atoms with Gasteiger partial charge in [-0.25, -0.2) is 9.07 Å². The van der Waals surface area contributed by atoms with Crippen molar-refractivity contribution in [3.05, 3.63) is 77.4 Å². The number of nitrogens with zero attached hydrogens (tertiary/aromatic N) is 2. The second-order valence-electron chi connectivity index (χ2n) is 6.42. The number of thioether (sulfide) groups is 1. The minimum atomic E-state index is -0.282. The molecule has 1 aromatic heterocycles. The van der Waals surface area contributed by atoms with Gasteiger partial charge in [0.05, 0.1) is 23.7 Å². The van der Waals surface area contributed by atoms with Gasteiger partial charge in [0, 0.05) is 16.2 Å². The van der Waals surface area contributed by atoms with E-state index in [4.69, 9.17) is 0 Å². The predicted molar refractivity (Wildman–Crippen MR) is 107 cm³/mol. The first kappa shape index (κ1) is 19.2. The fraction of sp³-hybridized carbons (Fsp3) is 0.238. The van der Waals surface area contributed by atoms with Gasteiger partial charge in [0.2, 0.25) is 5.91 Å². The number of nitrogens with one attached hydrogen (secondary N) is 1. The maximum atomic E-state index is 13.1. The van der Waals surface area contributed by atoms with Crippen LogP contribution >= 0.6 is 11.8 Å². The van der Waals surface area contributed by atoms with Crippen LogP contribution in [0.5, 0.6) is 0 Å². The molecule has 3 aromatic rings. The van der Waals surface area contributed by atoms with Crippen molar-refractivity contribution in [2.45, 2.75) is 31.7 Å². The van der Waals surface area contributed by atoms with E-state index in [9.17, 15) is 9.18 Å². The number of hydrogen-bond donors (Lipinski definition) is 1. The lowest BCUT2D eigenvalue weighted by atomic mass is 10.1. The Labute approximate surface area is 162 Å². The maximum Gasteiger partial charge on any atom is 0.230 e. The molecule has 3 rings (SSSR count). The standard InChI is InChI=1S/C21H22FN3OS/c1-14-6-4-5-7-20(14)27-13-21(26)24-15(2)19-12-23-25(16(19)3)18-10-8-17(22)9-11-18/h4-12,15H,13H2,1-3H3,(H,24,26). The summed E-state index contributed by atoms with van der Waals surface area (Å²) in [5, 5.41) is 7.41. The van der Waals surface area contributed by atoms with Crippen molar-refractivity contribution in [3.8, 4) is 5.69 Å². The van der Waals surface area contributed by atoms with Crippen molar-refractivity contribution in [1.29, 1.82) is 0 Å². The van der Waals surface area contributed by atoms with Gasteiger partial charge in [-0.2, -0.15) is 5.10 Å². The summed E-state index contributed by atoms with van der Waals surface area (Å²) < 4.78 is 14.9. The second-order valence-corrected chi connectivity index (χ2v) is 7.43. The van der Waals surface area contributed by atoms with Gasteiger partial charge < -0.3 is 5.32 Å². The lowest BCUT2D eigenvalue weighted by molar-refractivity contribution is -0.119. The number of hydrogen-bond acceptors (Lipinski definition) is 3. The van der Waals surface area contributed by atoms with E-state index < -0.39 is 0 Å². The van der Waals surface area contributed by atoms with Crippen molar-refractivity contribution >= 4 is 17.7 Å². The van der Waals surface area contributed by atoms with Crippen LogP contribution < -0.4 is 5.32 Å². The van der Waals surface area contributed by atoms with E-state index in [0.29, 0.717) is 5.75 Å². The molecular weight excluding hydrogens is 361 g/mol. The highest BCUT2D eigenvalue weighted by molar-refractivity contribution is 8.00. The summed E-state index contributed by atoms with van der Waals surface area (Å²) in [5.41, 5.74) is 3.81. The van der Waals surface area contributed by atoms with Gasteiger partial charge >= 0.3 is 0 Å². The summed E-state index contributed by atoms with van der Waals surface area (Å²) in [6, 6.07) is 14.0. The number of benzene rings is 2. The van der Waals surface area contributed by atoms with Crippen molar-refractivity contribution in [2.75, 3.05) is 5.75 Å². The Hall–Kier alpha value is -2.60. The minimum Gasteiger partial charge on any atom is -0.349 e. The molecule has 0 spiro atoms. The lowest BCUT2D eigenvalue weighted by Gasteiger charge is -2.14. The van der Waals surface area contributed by atoms with Crippen LogP contribution in [0.1, 0.15) is 29.8 Å². The SMILES string of the molecule is Cc1ccccc1SCC(=O)NC(C)c1cnn(-c2ccc(F)cc2)c1C. The minimum absolute atomic E-state index is 0.0234. The van der Waals surface area contributed by atoms with Crippen molar-refractivity contribution in [2.24, 2.45) is 0 Å². The molecule has 0 saturated heterocycles. The Bertz CT molecular complexity index is 937. The Balaban J connectivity index is 1.64. The van der Waals surface area contributed by atoms with Crippen molar-refractivity contribution < 1.29 is 9.18 Å². The van der Waals surface area contributed by atoms with E-state index in [1.54, 1.807) is 23.0 Å². The third-order valence-electron chi connectivity index (χ3n) is 4.42. The molecule has 0 fully saturated rings. The third kappa shape index (κ3) is 4.57. The van der Waals surface area contributed by atoms with Gasteiger partial charge in [0.25, 0.3) is 0 Å². The molecule has 4 nitrogen and oxygen atoms in total. The van der Waals surface area contributed by atoms with Crippen LogP contribution in [0.2, 0.25) is 0 Å². The highest BCUT2D eigenvalue weighted by atomic mass is 32.2. The molecular formula is C21H22FN3OS.